The Hall–Kier alpha value is -1.33. The summed E-state index contributed by atoms with van der Waals surface area (Å²) in [5.41, 5.74) is 6.74. The first-order valence-electron chi connectivity index (χ1n) is 5.32. The van der Waals surface area contributed by atoms with Gasteiger partial charge in [-0.1, -0.05) is 0 Å². The second-order valence-electron chi connectivity index (χ2n) is 3.83. The molecule has 0 fully saturated rings. The van der Waals surface area contributed by atoms with E-state index in [-0.39, 0.29) is 5.78 Å². The van der Waals surface area contributed by atoms with E-state index in [4.69, 9.17) is 10.5 Å². The lowest BCUT2D eigenvalue weighted by Crippen LogP contribution is -2.02. The molecule has 1 aromatic heterocycles. The summed E-state index contributed by atoms with van der Waals surface area (Å²) < 4.78 is 6.70. The molecule has 2 rings (SSSR count). The molecule has 0 atom stereocenters. The van der Waals surface area contributed by atoms with E-state index in [1.54, 1.807) is 29.5 Å². The lowest BCUT2D eigenvalue weighted by atomic mass is 10.1. The van der Waals surface area contributed by atoms with E-state index >= 15 is 0 Å². The van der Waals surface area contributed by atoms with Gasteiger partial charge in [-0.3, -0.25) is 4.79 Å². The molecular formula is C13H12BrNO2S. The Labute approximate surface area is 118 Å². The van der Waals surface area contributed by atoms with Gasteiger partial charge >= 0.3 is 0 Å². The summed E-state index contributed by atoms with van der Waals surface area (Å²) in [7, 11) is 0. The zero-order valence-corrected chi connectivity index (χ0v) is 12.2. The van der Waals surface area contributed by atoms with E-state index in [2.05, 4.69) is 15.9 Å². The molecule has 2 aromatic rings. The highest BCUT2D eigenvalue weighted by molar-refractivity contribution is 9.10. The minimum Gasteiger partial charge on any atom is -0.487 e. The first kappa shape index (κ1) is 13.1. The molecule has 0 aliphatic heterocycles. The Kier molecular flexibility index (Phi) is 4.04. The molecular weight excluding hydrogens is 314 g/mol. The second kappa shape index (κ2) is 5.54. The van der Waals surface area contributed by atoms with Gasteiger partial charge in [0.15, 0.2) is 5.78 Å². The average molecular weight is 326 g/mol. The number of carbonyl (C=O) groups is 1. The number of thiophene rings is 1. The fourth-order valence-corrected chi connectivity index (χ4v) is 2.89. The van der Waals surface area contributed by atoms with E-state index in [0.717, 1.165) is 9.35 Å². The number of anilines is 1. The largest absolute Gasteiger partial charge is 0.487 e. The molecule has 0 radical (unpaired) electrons. The van der Waals surface area contributed by atoms with Crippen molar-refractivity contribution >= 4 is 38.7 Å². The molecule has 5 heteroatoms. The van der Waals surface area contributed by atoms with Gasteiger partial charge in [-0.15, -0.1) is 11.3 Å². The van der Waals surface area contributed by atoms with Crippen LogP contribution in [0.15, 0.2) is 34.1 Å². The summed E-state index contributed by atoms with van der Waals surface area (Å²) in [6, 6.07) is 7.10. The number of ether oxygens (including phenoxy) is 1. The maximum Gasteiger partial charge on any atom is 0.163 e. The highest BCUT2D eigenvalue weighted by Crippen LogP contribution is 2.25. The van der Waals surface area contributed by atoms with Crippen molar-refractivity contribution in [1.82, 2.24) is 0 Å². The third kappa shape index (κ3) is 3.11. The number of hydrogen-bond acceptors (Lipinski definition) is 4. The van der Waals surface area contributed by atoms with Gasteiger partial charge in [-0.25, -0.2) is 0 Å². The maximum absolute atomic E-state index is 11.5. The second-order valence-corrected chi connectivity index (χ2v) is 5.74. The molecule has 2 N–H and O–H groups in total. The third-order valence-electron chi connectivity index (χ3n) is 2.37. The van der Waals surface area contributed by atoms with Gasteiger partial charge in [0.05, 0.1) is 5.56 Å². The zero-order chi connectivity index (χ0) is 13.1. The molecule has 0 saturated carbocycles. The van der Waals surface area contributed by atoms with Crippen molar-refractivity contribution < 1.29 is 9.53 Å². The Bertz CT molecular complexity index is 580. The summed E-state index contributed by atoms with van der Waals surface area (Å²) in [6.45, 7) is 1.95. The van der Waals surface area contributed by atoms with E-state index in [9.17, 15) is 4.79 Å². The molecule has 0 spiro atoms. The van der Waals surface area contributed by atoms with Crippen LogP contribution >= 0.6 is 27.3 Å². The molecule has 0 unspecified atom stereocenters. The summed E-state index contributed by atoms with van der Waals surface area (Å²) in [5.74, 6) is 0.519. The highest BCUT2D eigenvalue weighted by Gasteiger charge is 2.09. The summed E-state index contributed by atoms with van der Waals surface area (Å²) in [6.07, 6.45) is 0. The molecule has 0 aliphatic rings. The van der Waals surface area contributed by atoms with Crippen LogP contribution in [0.1, 0.15) is 22.2 Å². The van der Waals surface area contributed by atoms with E-state index in [0.29, 0.717) is 23.6 Å². The predicted molar refractivity (Wildman–Crippen MR) is 77.2 cm³/mol. The summed E-state index contributed by atoms with van der Waals surface area (Å²) >= 11 is 4.99. The molecule has 3 nitrogen and oxygen atoms in total. The first-order valence-corrected chi connectivity index (χ1v) is 6.99. The van der Waals surface area contributed by atoms with Crippen molar-refractivity contribution in [2.45, 2.75) is 13.5 Å². The number of ketones is 1. The third-order valence-corrected chi connectivity index (χ3v) is 4.05. The van der Waals surface area contributed by atoms with Crippen molar-refractivity contribution in [3.05, 3.63) is 44.6 Å². The van der Waals surface area contributed by atoms with Gasteiger partial charge in [0, 0.05) is 20.4 Å². The molecule has 0 saturated heterocycles. The van der Waals surface area contributed by atoms with Crippen LogP contribution in [0, 0.1) is 0 Å². The van der Waals surface area contributed by atoms with Gasteiger partial charge < -0.3 is 10.5 Å². The standard InChI is InChI=1S/C13H12BrNO2S/c1-8(16)12-5-10(15)2-3-13(12)17-6-11-4-9(14)7-18-11/h2-5,7H,6,15H2,1H3. The fourth-order valence-electron chi connectivity index (χ4n) is 1.53. The number of rotatable bonds is 4. The summed E-state index contributed by atoms with van der Waals surface area (Å²) in [4.78, 5) is 12.6. The first-order chi connectivity index (χ1) is 8.56. The normalized spacial score (nSPS) is 10.3. The van der Waals surface area contributed by atoms with Gasteiger partial charge in [0.25, 0.3) is 0 Å². The van der Waals surface area contributed by atoms with Crippen LogP contribution in [-0.2, 0) is 6.61 Å². The number of benzene rings is 1. The highest BCUT2D eigenvalue weighted by atomic mass is 79.9. The quantitative estimate of drug-likeness (QED) is 0.685. The maximum atomic E-state index is 11.5. The van der Waals surface area contributed by atoms with Crippen LogP contribution in [0.2, 0.25) is 0 Å². The van der Waals surface area contributed by atoms with Crippen molar-refractivity contribution in [2.24, 2.45) is 0 Å². The number of carbonyl (C=O) groups excluding carboxylic acids is 1. The Morgan fingerprint density at radius 2 is 2.22 bits per heavy atom. The van der Waals surface area contributed by atoms with E-state index in [1.807, 2.05) is 11.4 Å². The monoisotopic (exact) mass is 325 g/mol. The zero-order valence-electron chi connectivity index (χ0n) is 9.77. The Morgan fingerprint density at radius 3 is 2.83 bits per heavy atom. The van der Waals surface area contributed by atoms with Crippen molar-refractivity contribution in [3.63, 3.8) is 0 Å². The molecule has 18 heavy (non-hydrogen) atoms. The number of nitrogen functional groups attached to an aromatic ring is 1. The number of nitrogens with two attached hydrogens (primary N) is 1. The van der Waals surface area contributed by atoms with Crippen LogP contribution in [0.4, 0.5) is 5.69 Å². The van der Waals surface area contributed by atoms with Crippen LogP contribution in [0.3, 0.4) is 0 Å². The van der Waals surface area contributed by atoms with Crippen molar-refractivity contribution in [3.8, 4) is 5.75 Å². The SMILES string of the molecule is CC(=O)c1cc(N)ccc1OCc1cc(Br)cs1. The van der Waals surface area contributed by atoms with Crippen molar-refractivity contribution in [2.75, 3.05) is 5.73 Å². The Balaban J connectivity index is 2.16. The number of Topliss-reactive ketones (excluding diaryl/α,β-unsaturated/α-hetero) is 1. The van der Waals surface area contributed by atoms with Crippen LogP contribution in [-0.4, -0.2) is 5.78 Å². The topological polar surface area (TPSA) is 52.3 Å². The number of hydrogen-bond donors (Lipinski definition) is 1. The van der Waals surface area contributed by atoms with Crippen LogP contribution in [0.25, 0.3) is 0 Å². The van der Waals surface area contributed by atoms with Crippen LogP contribution < -0.4 is 10.5 Å². The Morgan fingerprint density at radius 1 is 1.44 bits per heavy atom. The van der Waals surface area contributed by atoms with Crippen LogP contribution in [0.5, 0.6) is 5.75 Å². The average Bonchev–Trinajstić information content (AvgIpc) is 2.73. The number of halogens is 1. The predicted octanol–water partition coefficient (Wildman–Crippen LogP) is 3.87. The van der Waals surface area contributed by atoms with Crippen molar-refractivity contribution in [1.29, 1.82) is 0 Å². The molecule has 0 bridgehead atoms. The molecule has 1 heterocycles. The van der Waals surface area contributed by atoms with Gasteiger partial charge in [0.2, 0.25) is 0 Å². The fraction of sp³-hybridized carbons (Fsp3) is 0.154. The molecule has 0 amide bonds. The lowest BCUT2D eigenvalue weighted by Gasteiger charge is -2.09. The van der Waals surface area contributed by atoms with Gasteiger partial charge in [0.1, 0.15) is 12.4 Å². The van der Waals surface area contributed by atoms with Gasteiger partial charge in [-0.2, -0.15) is 0 Å². The van der Waals surface area contributed by atoms with Gasteiger partial charge in [-0.05, 0) is 47.1 Å². The summed E-state index contributed by atoms with van der Waals surface area (Å²) in [5, 5.41) is 1.99. The molecule has 94 valence electrons. The minimum absolute atomic E-state index is 0.0512. The molecule has 0 aliphatic carbocycles. The smallest absolute Gasteiger partial charge is 0.163 e. The van der Waals surface area contributed by atoms with E-state index in [1.165, 1.54) is 6.92 Å². The molecule has 1 aromatic carbocycles. The van der Waals surface area contributed by atoms with E-state index < -0.39 is 0 Å². The lowest BCUT2D eigenvalue weighted by molar-refractivity contribution is 0.101. The minimum atomic E-state index is -0.0512.